The first-order valence-corrected chi connectivity index (χ1v) is 8.75. The number of rotatable bonds is 3. The summed E-state index contributed by atoms with van der Waals surface area (Å²) in [6, 6.07) is 15.6. The van der Waals surface area contributed by atoms with Crippen molar-refractivity contribution in [2.75, 3.05) is 37.2 Å². The van der Waals surface area contributed by atoms with Crippen molar-refractivity contribution in [3.05, 3.63) is 59.7 Å². The van der Waals surface area contributed by atoms with Crippen molar-refractivity contribution in [3.63, 3.8) is 0 Å². The summed E-state index contributed by atoms with van der Waals surface area (Å²) in [7, 11) is 0. The minimum absolute atomic E-state index is 0.457. The van der Waals surface area contributed by atoms with Crippen LogP contribution >= 0.6 is 0 Å². The van der Waals surface area contributed by atoms with Gasteiger partial charge >= 0.3 is 11.8 Å². The number of amides is 2. The van der Waals surface area contributed by atoms with Gasteiger partial charge in [-0.15, -0.1) is 0 Å². The van der Waals surface area contributed by atoms with Crippen molar-refractivity contribution in [1.29, 1.82) is 0 Å². The van der Waals surface area contributed by atoms with Crippen LogP contribution in [0.1, 0.15) is 11.1 Å². The van der Waals surface area contributed by atoms with Gasteiger partial charge in [0.05, 0.1) is 11.4 Å². The summed E-state index contributed by atoms with van der Waals surface area (Å²) in [6.45, 7) is 5.36. The SMILES string of the molecule is Cc1ccc(NC(=O)C(=O)N2CCN(Cc3ccccc3)CC2)c(N)c1. The second-order valence-corrected chi connectivity index (χ2v) is 6.60. The second-order valence-electron chi connectivity index (χ2n) is 6.60. The largest absolute Gasteiger partial charge is 0.397 e. The van der Waals surface area contributed by atoms with Gasteiger partial charge in [-0.1, -0.05) is 36.4 Å². The Morgan fingerprint density at radius 2 is 1.73 bits per heavy atom. The highest BCUT2D eigenvalue weighted by molar-refractivity contribution is 6.39. The zero-order chi connectivity index (χ0) is 18.5. The Morgan fingerprint density at radius 3 is 2.38 bits per heavy atom. The first kappa shape index (κ1) is 17.9. The molecule has 2 aromatic rings. The predicted molar refractivity (Wildman–Crippen MR) is 103 cm³/mol. The van der Waals surface area contributed by atoms with E-state index in [1.807, 2.05) is 31.2 Å². The van der Waals surface area contributed by atoms with Gasteiger partial charge in [-0.25, -0.2) is 0 Å². The number of nitrogens with zero attached hydrogens (tertiary/aromatic N) is 2. The van der Waals surface area contributed by atoms with E-state index in [-0.39, 0.29) is 0 Å². The molecule has 0 radical (unpaired) electrons. The van der Waals surface area contributed by atoms with Crippen LogP contribution in [0.3, 0.4) is 0 Å². The van der Waals surface area contributed by atoms with Gasteiger partial charge < -0.3 is 16.0 Å². The maximum atomic E-state index is 12.4. The molecule has 6 nitrogen and oxygen atoms in total. The lowest BCUT2D eigenvalue weighted by molar-refractivity contribution is -0.144. The van der Waals surface area contributed by atoms with Crippen molar-refractivity contribution in [3.8, 4) is 0 Å². The average molecular weight is 352 g/mol. The number of aryl methyl sites for hydroxylation is 1. The summed E-state index contributed by atoms with van der Waals surface area (Å²) in [5.74, 6) is -1.15. The summed E-state index contributed by atoms with van der Waals surface area (Å²) in [6.07, 6.45) is 0. The monoisotopic (exact) mass is 352 g/mol. The molecule has 6 heteroatoms. The second kappa shape index (κ2) is 8.01. The summed E-state index contributed by atoms with van der Waals surface area (Å²) < 4.78 is 0. The number of carbonyl (C=O) groups is 2. The lowest BCUT2D eigenvalue weighted by Gasteiger charge is -2.34. The number of nitrogen functional groups attached to an aromatic ring is 1. The van der Waals surface area contributed by atoms with E-state index in [9.17, 15) is 9.59 Å². The third-order valence-electron chi connectivity index (χ3n) is 4.56. The smallest absolute Gasteiger partial charge is 0.313 e. The van der Waals surface area contributed by atoms with Crippen molar-refractivity contribution in [1.82, 2.24) is 9.80 Å². The summed E-state index contributed by atoms with van der Waals surface area (Å²) in [4.78, 5) is 28.5. The molecule has 0 atom stereocenters. The molecule has 0 saturated carbocycles. The molecule has 0 aromatic heterocycles. The van der Waals surface area contributed by atoms with E-state index in [4.69, 9.17) is 5.73 Å². The molecule has 1 aliphatic rings. The summed E-state index contributed by atoms with van der Waals surface area (Å²) in [5.41, 5.74) is 9.07. The molecule has 3 rings (SSSR count). The molecule has 0 spiro atoms. The van der Waals surface area contributed by atoms with E-state index in [1.165, 1.54) is 5.56 Å². The number of nitrogens with two attached hydrogens (primary N) is 1. The lowest BCUT2D eigenvalue weighted by atomic mass is 10.2. The van der Waals surface area contributed by atoms with Crippen LogP contribution in [0.15, 0.2) is 48.5 Å². The van der Waals surface area contributed by atoms with Gasteiger partial charge in [-0.2, -0.15) is 0 Å². The van der Waals surface area contributed by atoms with E-state index in [0.717, 1.165) is 25.2 Å². The van der Waals surface area contributed by atoms with E-state index in [0.29, 0.717) is 24.5 Å². The van der Waals surface area contributed by atoms with Gasteiger partial charge in [-0.05, 0) is 30.2 Å². The Labute approximate surface area is 153 Å². The zero-order valence-electron chi connectivity index (χ0n) is 14.9. The quantitative estimate of drug-likeness (QED) is 0.653. The molecule has 0 aliphatic carbocycles. The number of piperazine rings is 1. The molecule has 1 aliphatic heterocycles. The third-order valence-corrected chi connectivity index (χ3v) is 4.56. The first-order chi connectivity index (χ1) is 12.5. The molecule has 1 heterocycles. The molecule has 0 unspecified atom stereocenters. The number of hydrogen-bond acceptors (Lipinski definition) is 4. The highest BCUT2D eigenvalue weighted by Gasteiger charge is 2.26. The van der Waals surface area contributed by atoms with Crippen molar-refractivity contribution < 1.29 is 9.59 Å². The van der Waals surface area contributed by atoms with Gasteiger partial charge in [-0.3, -0.25) is 14.5 Å². The number of hydrogen-bond donors (Lipinski definition) is 2. The van der Waals surface area contributed by atoms with E-state index in [2.05, 4.69) is 22.3 Å². The first-order valence-electron chi connectivity index (χ1n) is 8.75. The topological polar surface area (TPSA) is 78.7 Å². The molecular weight excluding hydrogens is 328 g/mol. The van der Waals surface area contributed by atoms with Crippen molar-refractivity contribution >= 4 is 23.2 Å². The zero-order valence-corrected chi connectivity index (χ0v) is 14.9. The molecule has 26 heavy (non-hydrogen) atoms. The Kier molecular flexibility index (Phi) is 5.53. The van der Waals surface area contributed by atoms with Crippen LogP contribution < -0.4 is 11.1 Å². The fourth-order valence-electron chi connectivity index (χ4n) is 3.07. The van der Waals surface area contributed by atoms with Crippen molar-refractivity contribution in [2.24, 2.45) is 0 Å². The summed E-state index contributed by atoms with van der Waals surface area (Å²) >= 11 is 0. The van der Waals surface area contributed by atoms with Crippen molar-refractivity contribution in [2.45, 2.75) is 13.5 Å². The van der Waals surface area contributed by atoms with Gasteiger partial charge in [0.15, 0.2) is 0 Å². The maximum absolute atomic E-state index is 12.4. The molecule has 1 fully saturated rings. The molecule has 2 aromatic carbocycles. The number of benzene rings is 2. The third kappa shape index (κ3) is 4.40. The standard InChI is InChI=1S/C20H24N4O2/c1-15-7-8-18(17(21)13-15)22-19(25)20(26)24-11-9-23(10-12-24)14-16-5-3-2-4-6-16/h2-8,13H,9-12,14,21H2,1H3,(H,22,25). The average Bonchev–Trinajstić information content (AvgIpc) is 2.65. The Balaban J connectivity index is 1.52. The minimum Gasteiger partial charge on any atom is -0.397 e. The van der Waals surface area contributed by atoms with E-state index in [1.54, 1.807) is 17.0 Å². The van der Waals surface area contributed by atoms with Crippen LogP contribution in [-0.4, -0.2) is 47.8 Å². The lowest BCUT2D eigenvalue weighted by Crippen LogP contribution is -2.51. The van der Waals surface area contributed by atoms with Gasteiger partial charge in [0.1, 0.15) is 0 Å². The van der Waals surface area contributed by atoms with Crippen LogP contribution in [0, 0.1) is 6.92 Å². The van der Waals surface area contributed by atoms with Crippen LogP contribution in [0.4, 0.5) is 11.4 Å². The maximum Gasteiger partial charge on any atom is 0.313 e. The molecule has 3 N–H and O–H groups in total. The predicted octanol–water partition coefficient (Wildman–Crippen LogP) is 1.86. The highest BCUT2D eigenvalue weighted by atomic mass is 16.2. The fraction of sp³-hybridized carbons (Fsp3) is 0.300. The Morgan fingerprint density at radius 1 is 1.04 bits per heavy atom. The van der Waals surface area contributed by atoms with Crippen LogP contribution in [-0.2, 0) is 16.1 Å². The fourth-order valence-corrected chi connectivity index (χ4v) is 3.07. The van der Waals surface area contributed by atoms with Gasteiger partial charge in [0, 0.05) is 32.7 Å². The number of anilines is 2. The van der Waals surface area contributed by atoms with Gasteiger partial charge in [0.25, 0.3) is 0 Å². The van der Waals surface area contributed by atoms with E-state index >= 15 is 0 Å². The molecule has 0 bridgehead atoms. The number of nitrogens with one attached hydrogen (secondary N) is 1. The number of carbonyl (C=O) groups excluding carboxylic acids is 2. The molecule has 2 amide bonds. The normalized spacial score (nSPS) is 14.9. The van der Waals surface area contributed by atoms with Gasteiger partial charge in [0.2, 0.25) is 0 Å². The van der Waals surface area contributed by atoms with Crippen LogP contribution in [0.5, 0.6) is 0 Å². The van der Waals surface area contributed by atoms with Crippen LogP contribution in [0.2, 0.25) is 0 Å². The minimum atomic E-state index is -0.642. The highest BCUT2D eigenvalue weighted by Crippen LogP contribution is 2.19. The van der Waals surface area contributed by atoms with E-state index < -0.39 is 11.8 Å². The molecular formula is C20H24N4O2. The van der Waals surface area contributed by atoms with Crippen LogP contribution in [0.25, 0.3) is 0 Å². The molecule has 1 saturated heterocycles. The Hall–Kier alpha value is -2.86. The Bertz CT molecular complexity index is 784. The summed E-state index contributed by atoms with van der Waals surface area (Å²) in [5, 5.41) is 2.62. The molecule has 136 valence electrons.